The summed E-state index contributed by atoms with van der Waals surface area (Å²) in [5, 5.41) is 0. The van der Waals surface area contributed by atoms with Crippen molar-refractivity contribution in [3.63, 3.8) is 0 Å². The maximum Gasteiger partial charge on any atom is 0.0144 e. The molecule has 0 radical (unpaired) electrons. The fraction of sp³-hybridized carbons (Fsp3) is 0.280. The zero-order chi connectivity index (χ0) is 16.9. The number of rotatable bonds is 0. The van der Waals surface area contributed by atoms with Crippen LogP contribution in [0.1, 0.15) is 67.8 Å². The van der Waals surface area contributed by atoms with E-state index in [9.17, 15) is 0 Å². The summed E-state index contributed by atoms with van der Waals surface area (Å²) in [6, 6.07) is 20.9. The van der Waals surface area contributed by atoms with Crippen LogP contribution < -0.4 is 0 Å². The van der Waals surface area contributed by atoms with Gasteiger partial charge in [-0.2, -0.15) is 0 Å². The molecule has 3 atom stereocenters. The molecule has 0 bridgehead atoms. The van der Waals surface area contributed by atoms with E-state index in [1.165, 1.54) is 16.7 Å². The van der Waals surface area contributed by atoms with Crippen molar-refractivity contribution in [1.29, 1.82) is 0 Å². The number of benzene rings is 3. The molecular formula is C25H22. The first-order valence-corrected chi connectivity index (χ1v) is 9.46. The van der Waals surface area contributed by atoms with Crippen molar-refractivity contribution >= 4 is 0 Å². The van der Waals surface area contributed by atoms with Crippen molar-refractivity contribution in [3.8, 4) is 0 Å². The first-order valence-electron chi connectivity index (χ1n) is 9.46. The Labute approximate surface area is 149 Å². The number of hydrogen-bond acceptors (Lipinski definition) is 0. The first kappa shape index (κ1) is 13.9. The molecule has 0 N–H and O–H groups in total. The van der Waals surface area contributed by atoms with Gasteiger partial charge in [-0.1, -0.05) is 54.6 Å². The summed E-state index contributed by atoms with van der Waals surface area (Å²) >= 11 is 0. The molecule has 0 amide bonds. The van der Waals surface area contributed by atoms with E-state index in [1.54, 1.807) is 33.4 Å². The van der Waals surface area contributed by atoms with E-state index in [0.717, 1.165) is 0 Å². The highest BCUT2D eigenvalue weighted by atomic mass is 14.6. The van der Waals surface area contributed by atoms with Crippen molar-refractivity contribution in [3.05, 3.63) is 105 Å². The Kier molecular flexibility index (Phi) is 2.46. The summed E-state index contributed by atoms with van der Waals surface area (Å²) in [6.07, 6.45) is 0. The van der Waals surface area contributed by atoms with Gasteiger partial charge in [-0.25, -0.2) is 0 Å². The van der Waals surface area contributed by atoms with Gasteiger partial charge in [0.1, 0.15) is 0 Å². The van der Waals surface area contributed by atoms with Crippen LogP contribution in [-0.2, 0) is 0 Å². The average molecular weight is 322 g/mol. The highest BCUT2D eigenvalue weighted by Gasteiger charge is 2.57. The van der Waals surface area contributed by atoms with E-state index < -0.39 is 0 Å². The van der Waals surface area contributed by atoms with Gasteiger partial charge < -0.3 is 0 Å². The summed E-state index contributed by atoms with van der Waals surface area (Å²) in [4.78, 5) is 0. The molecular weight excluding hydrogens is 300 g/mol. The van der Waals surface area contributed by atoms with Gasteiger partial charge in [0.15, 0.2) is 0 Å². The summed E-state index contributed by atoms with van der Waals surface area (Å²) in [5.41, 5.74) is 14.1. The average Bonchev–Trinajstić information content (AvgIpc) is 3.20. The third-order valence-corrected chi connectivity index (χ3v) is 7.17. The van der Waals surface area contributed by atoms with E-state index in [0.29, 0.717) is 23.7 Å². The van der Waals surface area contributed by atoms with Crippen molar-refractivity contribution in [1.82, 2.24) is 0 Å². The lowest BCUT2D eigenvalue weighted by Gasteiger charge is -2.17. The third-order valence-electron chi connectivity index (χ3n) is 7.17. The lowest BCUT2D eigenvalue weighted by molar-refractivity contribution is 0.485. The second-order valence-electron chi connectivity index (χ2n) is 8.24. The standard InChI is InChI=1S/C25H22/c1-13-7-4-10-16-19(13)22-17-11-5-8-14(2)20(17)24-18-12-6-9-15(3)21(18)23(16)25(22)24/h4-12,22-25H,1-3H3/t22-,23-,24-,25?/m0/s1. The summed E-state index contributed by atoms with van der Waals surface area (Å²) in [7, 11) is 0. The largest absolute Gasteiger partial charge is 0.0617 e. The molecule has 6 rings (SSSR count). The third kappa shape index (κ3) is 1.46. The second-order valence-corrected chi connectivity index (χ2v) is 8.24. The van der Waals surface area contributed by atoms with Crippen LogP contribution in [-0.4, -0.2) is 0 Å². The molecule has 0 aliphatic heterocycles. The van der Waals surface area contributed by atoms with Crippen LogP contribution >= 0.6 is 0 Å². The highest BCUT2D eigenvalue weighted by molar-refractivity contribution is 5.68. The molecule has 0 aromatic heterocycles. The van der Waals surface area contributed by atoms with Crippen molar-refractivity contribution in [2.45, 2.75) is 38.5 Å². The molecule has 3 aromatic rings. The Bertz CT molecular complexity index is 919. The Morgan fingerprint density at radius 3 is 1.12 bits per heavy atom. The van der Waals surface area contributed by atoms with E-state index in [4.69, 9.17) is 0 Å². The quantitative estimate of drug-likeness (QED) is 0.479. The number of fused-ring (bicyclic) bond motifs is 9. The molecule has 0 saturated heterocycles. The van der Waals surface area contributed by atoms with Gasteiger partial charge in [-0.05, 0) is 76.8 Å². The zero-order valence-electron chi connectivity index (χ0n) is 15.0. The lowest BCUT2D eigenvalue weighted by atomic mass is 9.85. The maximum atomic E-state index is 2.40. The topological polar surface area (TPSA) is 0 Å². The highest BCUT2D eigenvalue weighted by Crippen LogP contribution is 2.69. The zero-order valence-corrected chi connectivity index (χ0v) is 15.0. The summed E-state index contributed by atoms with van der Waals surface area (Å²) < 4.78 is 0. The SMILES string of the molecule is Cc1cccc2c1[C@@H]1c3cccc(C)c3[C@@H]3c4cccc(C)c4[C@H]2C13. The molecule has 0 heterocycles. The van der Waals surface area contributed by atoms with Gasteiger partial charge in [0.25, 0.3) is 0 Å². The Morgan fingerprint density at radius 1 is 0.480 bits per heavy atom. The monoisotopic (exact) mass is 322 g/mol. The van der Waals surface area contributed by atoms with Gasteiger partial charge in [0.2, 0.25) is 0 Å². The molecule has 0 nitrogen and oxygen atoms in total. The molecule has 122 valence electrons. The van der Waals surface area contributed by atoms with Gasteiger partial charge >= 0.3 is 0 Å². The van der Waals surface area contributed by atoms with Gasteiger partial charge in [0, 0.05) is 17.8 Å². The van der Waals surface area contributed by atoms with Gasteiger partial charge in [0.05, 0.1) is 0 Å². The molecule has 3 aliphatic carbocycles. The van der Waals surface area contributed by atoms with Crippen molar-refractivity contribution in [2.75, 3.05) is 0 Å². The predicted octanol–water partition coefficient (Wildman–Crippen LogP) is 5.96. The van der Waals surface area contributed by atoms with Crippen LogP contribution in [0, 0.1) is 26.7 Å². The fourth-order valence-corrected chi connectivity index (χ4v) is 6.44. The van der Waals surface area contributed by atoms with Crippen molar-refractivity contribution < 1.29 is 0 Å². The normalized spacial score (nSPS) is 27.0. The van der Waals surface area contributed by atoms with Gasteiger partial charge in [-0.3, -0.25) is 0 Å². The van der Waals surface area contributed by atoms with E-state index >= 15 is 0 Å². The van der Waals surface area contributed by atoms with Crippen LogP contribution in [0.5, 0.6) is 0 Å². The minimum absolute atomic E-state index is 0.577. The number of hydrogen-bond donors (Lipinski definition) is 0. The van der Waals surface area contributed by atoms with E-state index in [-0.39, 0.29) is 0 Å². The fourth-order valence-electron chi connectivity index (χ4n) is 6.44. The minimum atomic E-state index is 0.577. The molecule has 25 heavy (non-hydrogen) atoms. The molecule has 3 aromatic carbocycles. The second kappa shape index (κ2) is 4.43. The van der Waals surface area contributed by atoms with E-state index in [1.807, 2.05) is 0 Å². The van der Waals surface area contributed by atoms with Crippen LogP contribution in [0.4, 0.5) is 0 Å². The Morgan fingerprint density at radius 2 is 0.800 bits per heavy atom. The molecule has 0 fully saturated rings. The molecule has 0 saturated carbocycles. The van der Waals surface area contributed by atoms with E-state index in [2.05, 4.69) is 75.4 Å². The lowest BCUT2D eigenvalue weighted by Crippen LogP contribution is -2.08. The molecule has 3 aliphatic rings. The molecule has 0 unspecified atom stereocenters. The summed E-state index contributed by atoms with van der Waals surface area (Å²) in [5.74, 6) is 2.41. The van der Waals surface area contributed by atoms with Crippen LogP contribution in [0.25, 0.3) is 0 Å². The van der Waals surface area contributed by atoms with Crippen LogP contribution in [0.2, 0.25) is 0 Å². The number of aryl methyl sites for hydroxylation is 3. The minimum Gasteiger partial charge on any atom is -0.0617 e. The smallest absolute Gasteiger partial charge is 0.0144 e. The first-order chi connectivity index (χ1) is 12.2. The molecule has 0 spiro atoms. The van der Waals surface area contributed by atoms with Crippen molar-refractivity contribution in [2.24, 2.45) is 5.92 Å². The Hall–Kier alpha value is -2.34. The maximum absolute atomic E-state index is 2.40. The predicted molar refractivity (Wildman–Crippen MR) is 103 cm³/mol. The Balaban J connectivity index is 1.79. The molecule has 0 heteroatoms. The van der Waals surface area contributed by atoms with Gasteiger partial charge in [-0.15, -0.1) is 0 Å². The van der Waals surface area contributed by atoms with Crippen LogP contribution in [0.15, 0.2) is 54.6 Å². The van der Waals surface area contributed by atoms with Crippen LogP contribution in [0.3, 0.4) is 0 Å². The summed E-state index contributed by atoms with van der Waals surface area (Å²) in [6.45, 7) is 6.92.